The first-order valence-electron chi connectivity index (χ1n) is 7.73. The van der Waals surface area contributed by atoms with E-state index in [9.17, 15) is 0 Å². The van der Waals surface area contributed by atoms with Gasteiger partial charge in [0.05, 0.1) is 5.38 Å². The average molecular weight is 301 g/mol. The fourth-order valence-corrected chi connectivity index (χ4v) is 2.81. The predicted molar refractivity (Wildman–Crippen MR) is 93.2 cm³/mol. The summed E-state index contributed by atoms with van der Waals surface area (Å²) in [6.45, 7) is 8.95. The minimum Gasteiger partial charge on any atom is -0.117 e. The van der Waals surface area contributed by atoms with E-state index in [0.717, 1.165) is 12.8 Å². The average Bonchev–Trinajstić information content (AvgIpc) is 2.49. The molecule has 0 aliphatic rings. The molecule has 1 unspecified atom stereocenters. The maximum atomic E-state index is 6.61. The van der Waals surface area contributed by atoms with Crippen molar-refractivity contribution >= 4 is 11.6 Å². The fourth-order valence-electron chi connectivity index (χ4n) is 2.50. The molecule has 0 radical (unpaired) electrons. The zero-order valence-electron chi connectivity index (χ0n) is 13.5. The zero-order valence-corrected chi connectivity index (χ0v) is 14.2. The van der Waals surface area contributed by atoms with Crippen molar-refractivity contribution in [2.75, 3.05) is 0 Å². The van der Waals surface area contributed by atoms with Crippen LogP contribution in [0, 0.1) is 6.92 Å². The van der Waals surface area contributed by atoms with Crippen LogP contribution in [0.5, 0.6) is 0 Å². The van der Waals surface area contributed by atoms with Gasteiger partial charge in [-0.25, -0.2) is 0 Å². The summed E-state index contributed by atoms with van der Waals surface area (Å²) in [5, 5.41) is 0.0323. The Morgan fingerprint density at radius 1 is 1.00 bits per heavy atom. The SMILES string of the molecule is CCC(C)(C)c1ccc(C(Cl)Cc2ccccc2C)cc1. The van der Waals surface area contributed by atoms with E-state index in [1.165, 1.54) is 22.3 Å². The second-order valence-electron chi connectivity index (χ2n) is 6.46. The summed E-state index contributed by atoms with van der Waals surface area (Å²) in [7, 11) is 0. The van der Waals surface area contributed by atoms with Gasteiger partial charge in [0.15, 0.2) is 0 Å². The van der Waals surface area contributed by atoms with Gasteiger partial charge in [0.1, 0.15) is 0 Å². The van der Waals surface area contributed by atoms with Crippen LogP contribution in [0.1, 0.15) is 54.8 Å². The molecule has 0 heterocycles. The minimum absolute atomic E-state index is 0.0323. The van der Waals surface area contributed by atoms with Gasteiger partial charge in [-0.2, -0.15) is 0 Å². The largest absolute Gasteiger partial charge is 0.117 e. The second-order valence-corrected chi connectivity index (χ2v) is 6.98. The van der Waals surface area contributed by atoms with E-state index in [1.54, 1.807) is 0 Å². The molecular formula is C20H25Cl. The number of aryl methyl sites for hydroxylation is 1. The highest BCUT2D eigenvalue weighted by Crippen LogP contribution is 2.30. The Labute approximate surface area is 134 Å². The van der Waals surface area contributed by atoms with Crippen molar-refractivity contribution < 1.29 is 0 Å². The van der Waals surface area contributed by atoms with Crippen LogP contribution in [-0.4, -0.2) is 0 Å². The lowest BCUT2D eigenvalue weighted by molar-refractivity contribution is 0.506. The quantitative estimate of drug-likeness (QED) is 0.576. The molecule has 0 saturated carbocycles. The lowest BCUT2D eigenvalue weighted by Gasteiger charge is -2.24. The van der Waals surface area contributed by atoms with Gasteiger partial charge in [-0.3, -0.25) is 0 Å². The van der Waals surface area contributed by atoms with Crippen molar-refractivity contribution in [2.24, 2.45) is 0 Å². The Bertz CT molecular complexity index is 581. The van der Waals surface area contributed by atoms with Gasteiger partial charge in [-0.05, 0) is 47.4 Å². The lowest BCUT2D eigenvalue weighted by Crippen LogP contribution is -2.15. The molecule has 2 aromatic carbocycles. The smallest absolute Gasteiger partial charge is 0.0625 e. The van der Waals surface area contributed by atoms with E-state index in [4.69, 9.17) is 11.6 Å². The Morgan fingerprint density at radius 3 is 2.19 bits per heavy atom. The van der Waals surface area contributed by atoms with Crippen LogP contribution in [0.25, 0.3) is 0 Å². The Morgan fingerprint density at radius 2 is 1.62 bits per heavy atom. The number of alkyl halides is 1. The summed E-state index contributed by atoms with van der Waals surface area (Å²) in [5.41, 5.74) is 5.46. The second kappa shape index (κ2) is 6.66. The van der Waals surface area contributed by atoms with Crippen molar-refractivity contribution in [1.82, 2.24) is 0 Å². The fraction of sp³-hybridized carbons (Fsp3) is 0.400. The molecule has 21 heavy (non-hydrogen) atoms. The van der Waals surface area contributed by atoms with Crippen LogP contribution in [0.3, 0.4) is 0 Å². The van der Waals surface area contributed by atoms with E-state index in [0.29, 0.717) is 0 Å². The summed E-state index contributed by atoms with van der Waals surface area (Å²) in [6.07, 6.45) is 2.02. The molecule has 0 fully saturated rings. The van der Waals surface area contributed by atoms with Gasteiger partial charge < -0.3 is 0 Å². The molecule has 1 heteroatoms. The molecule has 2 rings (SSSR count). The van der Waals surface area contributed by atoms with E-state index >= 15 is 0 Å². The molecule has 0 aliphatic heterocycles. The van der Waals surface area contributed by atoms with Crippen molar-refractivity contribution in [2.45, 2.75) is 51.3 Å². The maximum Gasteiger partial charge on any atom is 0.0625 e. The maximum absolute atomic E-state index is 6.61. The third-order valence-corrected chi connectivity index (χ3v) is 5.00. The van der Waals surface area contributed by atoms with Gasteiger partial charge in [0.25, 0.3) is 0 Å². The van der Waals surface area contributed by atoms with Crippen molar-refractivity contribution in [3.8, 4) is 0 Å². The minimum atomic E-state index is 0.0323. The Kier molecular flexibility index (Phi) is 5.11. The van der Waals surface area contributed by atoms with Crippen LogP contribution in [0.2, 0.25) is 0 Å². The molecule has 0 aromatic heterocycles. The van der Waals surface area contributed by atoms with Crippen LogP contribution in [0.15, 0.2) is 48.5 Å². The summed E-state index contributed by atoms with van der Waals surface area (Å²) >= 11 is 6.61. The van der Waals surface area contributed by atoms with Gasteiger partial charge in [-0.15, -0.1) is 11.6 Å². The molecule has 0 nitrogen and oxygen atoms in total. The van der Waals surface area contributed by atoms with E-state index < -0.39 is 0 Å². The molecular weight excluding hydrogens is 276 g/mol. The molecule has 0 spiro atoms. The number of hydrogen-bond acceptors (Lipinski definition) is 0. The standard InChI is InChI=1S/C20H25Cl/c1-5-20(3,4)18-12-10-16(11-13-18)19(21)14-17-9-7-6-8-15(17)2/h6-13,19H,5,14H2,1-4H3. The highest BCUT2D eigenvalue weighted by molar-refractivity contribution is 6.20. The van der Waals surface area contributed by atoms with Crippen LogP contribution >= 0.6 is 11.6 Å². The van der Waals surface area contributed by atoms with Crippen LogP contribution < -0.4 is 0 Å². The molecule has 0 saturated heterocycles. The van der Waals surface area contributed by atoms with Crippen molar-refractivity contribution in [1.29, 1.82) is 0 Å². The zero-order chi connectivity index (χ0) is 15.5. The molecule has 0 aliphatic carbocycles. The third-order valence-electron chi connectivity index (χ3n) is 4.60. The summed E-state index contributed by atoms with van der Waals surface area (Å²) in [6, 6.07) is 17.3. The molecule has 0 amide bonds. The first kappa shape index (κ1) is 16.1. The van der Waals surface area contributed by atoms with Crippen molar-refractivity contribution in [3.63, 3.8) is 0 Å². The number of benzene rings is 2. The number of halogens is 1. The molecule has 0 N–H and O–H groups in total. The van der Waals surface area contributed by atoms with Crippen LogP contribution in [-0.2, 0) is 11.8 Å². The van der Waals surface area contributed by atoms with Gasteiger partial charge >= 0.3 is 0 Å². The number of rotatable bonds is 5. The van der Waals surface area contributed by atoms with Gasteiger partial charge in [0.2, 0.25) is 0 Å². The lowest BCUT2D eigenvalue weighted by atomic mass is 9.82. The Balaban J connectivity index is 2.14. The summed E-state index contributed by atoms with van der Waals surface area (Å²) in [4.78, 5) is 0. The molecule has 112 valence electrons. The molecule has 2 aromatic rings. The first-order chi connectivity index (χ1) is 9.94. The monoisotopic (exact) mass is 300 g/mol. The Hall–Kier alpha value is -1.27. The van der Waals surface area contributed by atoms with E-state index in [-0.39, 0.29) is 10.8 Å². The van der Waals surface area contributed by atoms with Crippen molar-refractivity contribution in [3.05, 3.63) is 70.8 Å². The highest BCUT2D eigenvalue weighted by atomic mass is 35.5. The highest BCUT2D eigenvalue weighted by Gasteiger charge is 2.18. The molecule has 1 atom stereocenters. The summed E-state index contributed by atoms with van der Waals surface area (Å²) < 4.78 is 0. The van der Waals surface area contributed by atoms with Gasteiger partial charge in [-0.1, -0.05) is 69.3 Å². The van der Waals surface area contributed by atoms with Crippen LogP contribution in [0.4, 0.5) is 0 Å². The normalized spacial score (nSPS) is 13.2. The summed E-state index contributed by atoms with van der Waals surface area (Å²) in [5.74, 6) is 0. The topological polar surface area (TPSA) is 0 Å². The third kappa shape index (κ3) is 3.89. The molecule has 0 bridgehead atoms. The number of hydrogen-bond donors (Lipinski definition) is 0. The van der Waals surface area contributed by atoms with E-state index in [1.807, 2.05) is 0 Å². The predicted octanol–water partition coefficient (Wildman–Crippen LogP) is 6.21. The van der Waals surface area contributed by atoms with Gasteiger partial charge in [0, 0.05) is 0 Å². The van der Waals surface area contributed by atoms with E-state index in [2.05, 4.69) is 76.2 Å². The first-order valence-corrected chi connectivity index (χ1v) is 8.16.